The first kappa shape index (κ1) is 18.8. The van der Waals surface area contributed by atoms with Gasteiger partial charge in [-0.1, -0.05) is 29.8 Å². The van der Waals surface area contributed by atoms with E-state index >= 15 is 0 Å². The van der Waals surface area contributed by atoms with Crippen LogP contribution >= 0.6 is 0 Å². The average molecular weight is 370 g/mol. The molecule has 138 valence electrons. The zero-order chi connectivity index (χ0) is 19.9. The number of nitrogens with zero attached hydrogens (tertiary/aromatic N) is 2. The highest BCUT2D eigenvalue weighted by atomic mass is 16.2. The maximum absolute atomic E-state index is 12.4. The van der Waals surface area contributed by atoms with E-state index in [0.717, 1.165) is 11.1 Å². The number of aryl methyl sites for hydroxylation is 1. The Morgan fingerprint density at radius 3 is 2.39 bits per heavy atom. The standard InChI is InChI=1S/C22H18N4O2/c1-15-2-4-17(5-3-15)14-25-21(27)18-10-11-24-20(12-18)22(28)26-19-8-6-16(13-23)7-9-19/h2-12H,14H2,1H3,(H,25,27)(H,26,28). The quantitative estimate of drug-likeness (QED) is 0.719. The number of amides is 2. The Bertz CT molecular complexity index is 1040. The van der Waals surface area contributed by atoms with E-state index in [4.69, 9.17) is 5.26 Å². The van der Waals surface area contributed by atoms with E-state index in [1.165, 1.54) is 12.3 Å². The lowest BCUT2D eigenvalue weighted by molar-refractivity contribution is 0.0951. The van der Waals surface area contributed by atoms with Gasteiger partial charge in [-0.2, -0.15) is 5.26 Å². The molecule has 2 aromatic carbocycles. The molecule has 0 saturated heterocycles. The molecule has 0 saturated carbocycles. The van der Waals surface area contributed by atoms with Crippen molar-refractivity contribution in [2.24, 2.45) is 0 Å². The van der Waals surface area contributed by atoms with Gasteiger partial charge < -0.3 is 10.6 Å². The minimum absolute atomic E-state index is 0.132. The first-order chi connectivity index (χ1) is 13.5. The lowest BCUT2D eigenvalue weighted by atomic mass is 10.1. The van der Waals surface area contributed by atoms with Gasteiger partial charge in [0, 0.05) is 24.0 Å². The molecule has 6 nitrogen and oxygen atoms in total. The molecule has 0 radical (unpaired) electrons. The molecule has 2 amide bonds. The second-order valence-electron chi connectivity index (χ2n) is 6.24. The molecule has 1 heterocycles. The van der Waals surface area contributed by atoms with E-state index in [2.05, 4.69) is 15.6 Å². The first-order valence-corrected chi connectivity index (χ1v) is 8.66. The van der Waals surface area contributed by atoms with Crippen LogP contribution in [0.2, 0.25) is 0 Å². The van der Waals surface area contributed by atoms with Gasteiger partial charge in [0.2, 0.25) is 0 Å². The van der Waals surface area contributed by atoms with Crippen LogP contribution in [0.3, 0.4) is 0 Å². The number of rotatable bonds is 5. The van der Waals surface area contributed by atoms with Crippen LogP contribution in [-0.4, -0.2) is 16.8 Å². The summed E-state index contributed by atoms with van der Waals surface area (Å²) in [6, 6.07) is 19.4. The third kappa shape index (κ3) is 4.80. The highest BCUT2D eigenvalue weighted by molar-refractivity contribution is 6.04. The van der Waals surface area contributed by atoms with Crippen molar-refractivity contribution < 1.29 is 9.59 Å². The summed E-state index contributed by atoms with van der Waals surface area (Å²) < 4.78 is 0. The highest BCUT2D eigenvalue weighted by Gasteiger charge is 2.12. The molecule has 0 aliphatic carbocycles. The van der Waals surface area contributed by atoms with Gasteiger partial charge in [-0.15, -0.1) is 0 Å². The molecule has 0 fully saturated rings. The van der Waals surface area contributed by atoms with Gasteiger partial charge in [0.05, 0.1) is 11.6 Å². The topological polar surface area (TPSA) is 94.9 Å². The lowest BCUT2D eigenvalue weighted by Crippen LogP contribution is -2.23. The van der Waals surface area contributed by atoms with E-state index in [-0.39, 0.29) is 11.6 Å². The molecule has 0 spiro atoms. The van der Waals surface area contributed by atoms with Gasteiger partial charge in [0.1, 0.15) is 5.69 Å². The Hall–Kier alpha value is -3.98. The van der Waals surface area contributed by atoms with Crippen molar-refractivity contribution in [1.29, 1.82) is 5.26 Å². The number of aromatic nitrogens is 1. The average Bonchev–Trinajstić information content (AvgIpc) is 2.73. The van der Waals surface area contributed by atoms with Gasteiger partial charge in [-0.3, -0.25) is 14.6 Å². The molecule has 3 aromatic rings. The summed E-state index contributed by atoms with van der Waals surface area (Å²) >= 11 is 0. The Kier molecular flexibility index (Phi) is 5.78. The SMILES string of the molecule is Cc1ccc(CNC(=O)c2ccnc(C(=O)Nc3ccc(C#N)cc3)c2)cc1. The molecule has 0 atom stereocenters. The predicted octanol–water partition coefficient (Wildman–Crippen LogP) is 3.44. The molecule has 3 rings (SSSR count). The Balaban J connectivity index is 1.65. The Morgan fingerprint density at radius 2 is 1.71 bits per heavy atom. The normalized spacial score (nSPS) is 10.0. The van der Waals surface area contributed by atoms with Crippen molar-refractivity contribution in [3.8, 4) is 6.07 Å². The van der Waals surface area contributed by atoms with Crippen molar-refractivity contribution in [2.75, 3.05) is 5.32 Å². The first-order valence-electron chi connectivity index (χ1n) is 8.66. The van der Waals surface area contributed by atoms with Crippen molar-refractivity contribution in [3.05, 3.63) is 94.8 Å². The van der Waals surface area contributed by atoms with Gasteiger partial charge >= 0.3 is 0 Å². The molecular formula is C22H18N4O2. The van der Waals surface area contributed by atoms with Crippen LogP contribution in [0.25, 0.3) is 0 Å². The van der Waals surface area contributed by atoms with Gasteiger partial charge in [0.15, 0.2) is 0 Å². The van der Waals surface area contributed by atoms with Crippen LogP contribution in [-0.2, 0) is 6.54 Å². The third-order valence-corrected chi connectivity index (χ3v) is 4.10. The van der Waals surface area contributed by atoms with Crippen LogP contribution in [0, 0.1) is 18.3 Å². The monoisotopic (exact) mass is 370 g/mol. The second kappa shape index (κ2) is 8.60. The highest BCUT2D eigenvalue weighted by Crippen LogP contribution is 2.11. The minimum atomic E-state index is -0.433. The lowest BCUT2D eigenvalue weighted by Gasteiger charge is -2.08. The fourth-order valence-corrected chi connectivity index (χ4v) is 2.51. The number of anilines is 1. The number of nitriles is 1. The number of hydrogen-bond acceptors (Lipinski definition) is 4. The molecular weight excluding hydrogens is 352 g/mol. The zero-order valence-electron chi connectivity index (χ0n) is 15.3. The molecule has 6 heteroatoms. The summed E-state index contributed by atoms with van der Waals surface area (Å²) in [6.45, 7) is 2.40. The van der Waals surface area contributed by atoms with E-state index in [9.17, 15) is 9.59 Å². The number of carbonyl (C=O) groups excluding carboxylic acids is 2. The van der Waals surface area contributed by atoms with Crippen LogP contribution in [0.1, 0.15) is 37.5 Å². The maximum Gasteiger partial charge on any atom is 0.274 e. The molecule has 1 aromatic heterocycles. The fourth-order valence-electron chi connectivity index (χ4n) is 2.51. The number of hydrogen-bond donors (Lipinski definition) is 2. The van der Waals surface area contributed by atoms with Crippen molar-refractivity contribution >= 4 is 17.5 Å². The second-order valence-corrected chi connectivity index (χ2v) is 6.24. The maximum atomic E-state index is 12.4. The summed E-state index contributed by atoms with van der Waals surface area (Å²) in [5, 5.41) is 14.3. The van der Waals surface area contributed by atoms with Crippen molar-refractivity contribution in [1.82, 2.24) is 10.3 Å². The summed E-state index contributed by atoms with van der Waals surface area (Å²) in [4.78, 5) is 28.8. The Morgan fingerprint density at radius 1 is 1.00 bits per heavy atom. The molecule has 0 unspecified atom stereocenters. The van der Waals surface area contributed by atoms with E-state index < -0.39 is 5.91 Å². The molecule has 0 aliphatic heterocycles. The van der Waals surface area contributed by atoms with Crippen molar-refractivity contribution in [3.63, 3.8) is 0 Å². The Labute approximate surface area is 162 Å². The zero-order valence-corrected chi connectivity index (χ0v) is 15.3. The van der Waals surface area contributed by atoms with Gasteiger partial charge in [-0.25, -0.2) is 0 Å². The minimum Gasteiger partial charge on any atom is -0.348 e. The van der Waals surface area contributed by atoms with E-state index in [1.807, 2.05) is 37.3 Å². The summed E-state index contributed by atoms with van der Waals surface area (Å²) in [7, 11) is 0. The van der Waals surface area contributed by atoms with Crippen molar-refractivity contribution in [2.45, 2.75) is 13.5 Å². The summed E-state index contributed by atoms with van der Waals surface area (Å²) in [6.07, 6.45) is 1.43. The molecule has 0 aliphatic rings. The van der Waals surface area contributed by atoms with Crippen LogP contribution in [0.15, 0.2) is 66.9 Å². The molecule has 2 N–H and O–H groups in total. The number of carbonyl (C=O) groups is 2. The number of benzene rings is 2. The third-order valence-electron chi connectivity index (χ3n) is 4.10. The van der Waals surface area contributed by atoms with E-state index in [1.54, 1.807) is 30.3 Å². The fraction of sp³-hybridized carbons (Fsp3) is 0.0909. The van der Waals surface area contributed by atoms with Gasteiger partial charge in [0.25, 0.3) is 11.8 Å². The smallest absolute Gasteiger partial charge is 0.274 e. The molecule has 28 heavy (non-hydrogen) atoms. The van der Waals surface area contributed by atoms with Crippen LogP contribution in [0.4, 0.5) is 5.69 Å². The summed E-state index contributed by atoms with van der Waals surface area (Å²) in [5.74, 6) is -0.715. The number of nitrogens with one attached hydrogen (secondary N) is 2. The predicted molar refractivity (Wildman–Crippen MR) is 106 cm³/mol. The summed E-state index contributed by atoms with van der Waals surface area (Å²) in [5.41, 5.74) is 3.68. The van der Waals surface area contributed by atoms with E-state index in [0.29, 0.717) is 23.4 Å². The van der Waals surface area contributed by atoms with Crippen LogP contribution in [0.5, 0.6) is 0 Å². The van der Waals surface area contributed by atoms with Gasteiger partial charge in [-0.05, 0) is 48.9 Å². The van der Waals surface area contributed by atoms with Crippen LogP contribution < -0.4 is 10.6 Å². The molecule has 0 bridgehead atoms. The number of pyridine rings is 1. The largest absolute Gasteiger partial charge is 0.348 e.